The Kier molecular flexibility index (Phi) is 4.49. The summed E-state index contributed by atoms with van der Waals surface area (Å²) in [4.78, 5) is 10.7. The molecule has 0 aliphatic carbocycles. The van der Waals surface area contributed by atoms with Gasteiger partial charge in [-0.2, -0.15) is 5.26 Å². The van der Waals surface area contributed by atoms with E-state index in [4.69, 9.17) is 15.1 Å². The van der Waals surface area contributed by atoms with Gasteiger partial charge in [-0.15, -0.1) is 0 Å². The summed E-state index contributed by atoms with van der Waals surface area (Å²) in [6.07, 6.45) is -0.763. The summed E-state index contributed by atoms with van der Waals surface area (Å²) in [7, 11) is 1.41. The molecule has 0 radical (unpaired) electrons. The molecule has 0 spiro atoms. The van der Waals surface area contributed by atoms with Crippen LogP contribution in [0.4, 0.5) is 0 Å². The Morgan fingerprint density at radius 3 is 2.82 bits per heavy atom. The third kappa shape index (κ3) is 3.20. The first-order chi connectivity index (χ1) is 8.10. The minimum atomic E-state index is -1.62. The number of aliphatic hydroxyl groups is 1. The average molecular weight is 235 g/mol. The van der Waals surface area contributed by atoms with Gasteiger partial charge in [0, 0.05) is 12.0 Å². The average Bonchev–Trinajstić information content (AvgIpc) is 2.34. The second-order valence-electron chi connectivity index (χ2n) is 3.48. The van der Waals surface area contributed by atoms with Crippen LogP contribution in [0.25, 0.3) is 0 Å². The molecule has 0 bridgehead atoms. The van der Waals surface area contributed by atoms with Crippen molar-refractivity contribution in [1.29, 1.82) is 5.26 Å². The third-order valence-electron chi connectivity index (χ3n) is 2.35. The minimum Gasteiger partial charge on any atom is -0.496 e. The fraction of sp³-hybridized carbons (Fsp3) is 0.333. The lowest BCUT2D eigenvalue weighted by Gasteiger charge is -2.12. The number of aryl methyl sites for hydroxylation is 1. The van der Waals surface area contributed by atoms with Crippen molar-refractivity contribution in [3.8, 4) is 11.8 Å². The first-order valence-corrected chi connectivity index (χ1v) is 5.04. The maximum atomic E-state index is 10.7. The number of carboxylic acid groups (broad SMARTS) is 1. The van der Waals surface area contributed by atoms with E-state index < -0.39 is 12.1 Å². The van der Waals surface area contributed by atoms with E-state index in [0.29, 0.717) is 18.6 Å². The first-order valence-electron chi connectivity index (χ1n) is 5.04. The largest absolute Gasteiger partial charge is 0.496 e. The number of methoxy groups -OCH3 is 1. The molecule has 0 heterocycles. The number of benzene rings is 1. The van der Waals surface area contributed by atoms with Crippen molar-refractivity contribution in [3.05, 3.63) is 29.3 Å². The molecule has 0 aromatic heterocycles. The highest BCUT2D eigenvalue weighted by Crippen LogP contribution is 2.27. The van der Waals surface area contributed by atoms with Gasteiger partial charge in [-0.25, -0.2) is 4.79 Å². The molecule has 17 heavy (non-hydrogen) atoms. The van der Waals surface area contributed by atoms with Gasteiger partial charge in [0.05, 0.1) is 13.2 Å². The van der Waals surface area contributed by atoms with Crippen LogP contribution in [0.5, 0.6) is 5.75 Å². The highest BCUT2D eigenvalue weighted by Gasteiger charge is 2.20. The molecule has 5 nitrogen and oxygen atoms in total. The molecule has 0 saturated heterocycles. The monoisotopic (exact) mass is 235 g/mol. The van der Waals surface area contributed by atoms with Crippen molar-refractivity contribution in [2.45, 2.75) is 18.9 Å². The van der Waals surface area contributed by atoms with Gasteiger partial charge >= 0.3 is 5.97 Å². The summed E-state index contributed by atoms with van der Waals surface area (Å²) in [6.45, 7) is 0. The number of hydrogen-bond acceptors (Lipinski definition) is 4. The Bertz CT molecular complexity index is 450. The van der Waals surface area contributed by atoms with E-state index in [-0.39, 0.29) is 5.56 Å². The first kappa shape index (κ1) is 13.0. The topological polar surface area (TPSA) is 90.5 Å². The van der Waals surface area contributed by atoms with Crippen molar-refractivity contribution in [1.82, 2.24) is 0 Å². The van der Waals surface area contributed by atoms with Crippen LogP contribution in [0.3, 0.4) is 0 Å². The lowest BCUT2D eigenvalue weighted by molar-refractivity contribution is -0.147. The second-order valence-corrected chi connectivity index (χ2v) is 3.48. The lowest BCUT2D eigenvalue weighted by atomic mass is 10.0. The number of carbonyl (C=O) groups is 1. The number of nitriles is 1. The van der Waals surface area contributed by atoms with Crippen LogP contribution in [-0.2, 0) is 11.2 Å². The fourth-order valence-electron chi connectivity index (χ4n) is 1.49. The summed E-state index contributed by atoms with van der Waals surface area (Å²) in [5.74, 6) is -1.01. The molecule has 90 valence electrons. The Morgan fingerprint density at radius 2 is 2.29 bits per heavy atom. The van der Waals surface area contributed by atoms with E-state index in [9.17, 15) is 9.90 Å². The standard InChI is InChI=1S/C12H13NO4/c1-17-10-5-4-8(3-2-6-13)7-9(10)11(14)12(15)16/h4-5,7,11,14H,2-3H2,1H3,(H,15,16). The van der Waals surface area contributed by atoms with Crippen LogP contribution >= 0.6 is 0 Å². The van der Waals surface area contributed by atoms with Crippen LogP contribution < -0.4 is 4.74 Å². The molecule has 0 aliphatic rings. The predicted molar refractivity (Wildman–Crippen MR) is 59.5 cm³/mol. The molecule has 1 aromatic rings. The summed E-state index contributed by atoms with van der Waals surface area (Å²) >= 11 is 0. The maximum absolute atomic E-state index is 10.7. The van der Waals surface area contributed by atoms with Crippen LogP contribution in [-0.4, -0.2) is 23.3 Å². The van der Waals surface area contributed by atoms with Crippen molar-refractivity contribution in [2.75, 3.05) is 7.11 Å². The van der Waals surface area contributed by atoms with E-state index in [1.165, 1.54) is 7.11 Å². The van der Waals surface area contributed by atoms with Crippen LogP contribution in [0, 0.1) is 11.3 Å². The summed E-state index contributed by atoms with van der Waals surface area (Å²) < 4.78 is 4.99. The zero-order valence-corrected chi connectivity index (χ0v) is 9.38. The number of nitrogens with zero attached hydrogens (tertiary/aromatic N) is 1. The molecule has 1 atom stereocenters. The predicted octanol–water partition coefficient (Wildman–Crippen LogP) is 1.27. The van der Waals surface area contributed by atoms with Crippen LogP contribution in [0.15, 0.2) is 18.2 Å². The van der Waals surface area contributed by atoms with Gasteiger partial charge in [0.25, 0.3) is 0 Å². The van der Waals surface area contributed by atoms with Crippen LogP contribution in [0.2, 0.25) is 0 Å². The van der Waals surface area contributed by atoms with Gasteiger partial charge < -0.3 is 14.9 Å². The minimum absolute atomic E-state index is 0.204. The zero-order valence-electron chi connectivity index (χ0n) is 9.38. The van der Waals surface area contributed by atoms with Gasteiger partial charge in [0.15, 0.2) is 6.10 Å². The fourth-order valence-corrected chi connectivity index (χ4v) is 1.49. The van der Waals surface area contributed by atoms with E-state index in [2.05, 4.69) is 0 Å². The van der Waals surface area contributed by atoms with Gasteiger partial charge in [-0.05, 0) is 24.1 Å². The van der Waals surface area contributed by atoms with Crippen molar-refractivity contribution < 1.29 is 19.7 Å². The van der Waals surface area contributed by atoms with Gasteiger partial charge in [-0.3, -0.25) is 0 Å². The summed E-state index contributed by atoms with van der Waals surface area (Å²) in [5, 5.41) is 26.8. The third-order valence-corrected chi connectivity index (χ3v) is 2.35. The van der Waals surface area contributed by atoms with E-state index in [0.717, 1.165) is 5.56 Å². The molecule has 1 aromatic carbocycles. The van der Waals surface area contributed by atoms with Crippen molar-refractivity contribution >= 4 is 5.97 Å². The van der Waals surface area contributed by atoms with Crippen molar-refractivity contribution in [3.63, 3.8) is 0 Å². The van der Waals surface area contributed by atoms with Gasteiger partial charge in [0.1, 0.15) is 5.75 Å². The van der Waals surface area contributed by atoms with Crippen molar-refractivity contribution in [2.24, 2.45) is 0 Å². The Morgan fingerprint density at radius 1 is 1.59 bits per heavy atom. The molecule has 1 unspecified atom stereocenters. The highest BCUT2D eigenvalue weighted by molar-refractivity contribution is 5.75. The highest BCUT2D eigenvalue weighted by atomic mass is 16.5. The number of carboxylic acids is 1. The summed E-state index contributed by atoms with van der Waals surface area (Å²) in [6, 6.07) is 6.89. The van der Waals surface area contributed by atoms with E-state index in [1.54, 1.807) is 18.2 Å². The Labute approximate surface area is 98.9 Å². The molecule has 5 heteroatoms. The van der Waals surface area contributed by atoms with Crippen LogP contribution in [0.1, 0.15) is 23.7 Å². The van der Waals surface area contributed by atoms with Gasteiger partial charge in [-0.1, -0.05) is 6.07 Å². The number of aliphatic carboxylic acids is 1. The lowest BCUT2D eigenvalue weighted by Crippen LogP contribution is -2.12. The smallest absolute Gasteiger partial charge is 0.337 e. The Balaban J connectivity index is 3.06. The molecule has 1 rings (SSSR count). The molecular formula is C12H13NO4. The molecule has 2 N–H and O–H groups in total. The zero-order chi connectivity index (χ0) is 12.8. The SMILES string of the molecule is COc1ccc(CCC#N)cc1C(O)C(=O)O. The van der Waals surface area contributed by atoms with E-state index >= 15 is 0 Å². The van der Waals surface area contributed by atoms with Gasteiger partial charge in [0.2, 0.25) is 0 Å². The molecule has 0 saturated carbocycles. The number of aliphatic hydroxyl groups excluding tert-OH is 1. The molecule has 0 amide bonds. The summed E-state index contributed by atoms with van der Waals surface area (Å²) in [5.41, 5.74) is 0.998. The maximum Gasteiger partial charge on any atom is 0.337 e. The molecule has 0 fully saturated rings. The second kappa shape index (κ2) is 5.87. The number of ether oxygens (including phenoxy) is 1. The number of rotatable bonds is 5. The van der Waals surface area contributed by atoms with E-state index in [1.807, 2.05) is 6.07 Å². The quantitative estimate of drug-likeness (QED) is 0.802. The normalized spacial score (nSPS) is 11.6. The Hall–Kier alpha value is -2.06. The molecule has 0 aliphatic heterocycles. The molecular weight excluding hydrogens is 222 g/mol. The number of hydrogen-bond donors (Lipinski definition) is 2.